The molecule has 2 aliphatic heterocycles. The van der Waals surface area contributed by atoms with E-state index in [0.29, 0.717) is 103 Å². The van der Waals surface area contributed by atoms with E-state index in [9.17, 15) is 4.79 Å². The summed E-state index contributed by atoms with van der Waals surface area (Å²) < 4.78 is 10.8. The number of aromatic nitrogens is 6. The lowest BCUT2D eigenvalue weighted by Crippen LogP contribution is -2.38. The number of carboxylic acids is 1. The fourth-order valence-electron chi connectivity index (χ4n) is 3.78. The van der Waals surface area contributed by atoms with Crippen LogP contribution in [0.3, 0.4) is 0 Å². The second kappa shape index (κ2) is 15.5. The molecule has 4 heterocycles. The van der Waals surface area contributed by atoms with Crippen LogP contribution in [0.5, 0.6) is 0 Å². The van der Waals surface area contributed by atoms with Gasteiger partial charge in [-0.3, -0.25) is 10.1 Å². The molecule has 2 fully saturated rings. The molecular weight excluding hydrogens is 542 g/mol. The van der Waals surface area contributed by atoms with E-state index in [1.165, 1.54) is 0 Å². The molecule has 0 bridgehead atoms. The highest BCUT2D eigenvalue weighted by molar-refractivity contribution is 5.72. The Hall–Kier alpha value is -4.33. The van der Waals surface area contributed by atoms with Crippen LogP contribution < -0.4 is 36.4 Å². The van der Waals surface area contributed by atoms with Crippen LogP contribution in [0.4, 0.5) is 35.7 Å². The number of aliphatic carboxylic acids is 1. The smallest absolute Gasteiger partial charge is 0.322 e. The fraction of sp³-hybridized carbons (Fsp3) is 0.591. The number of nitrogens with zero attached hydrogens (tertiary/aromatic N) is 8. The maximum Gasteiger partial charge on any atom is 0.322 e. The summed E-state index contributed by atoms with van der Waals surface area (Å²) >= 11 is 0. The van der Waals surface area contributed by atoms with Gasteiger partial charge in [0.2, 0.25) is 41.6 Å². The molecule has 0 unspecified atom stereocenters. The van der Waals surface area contributed by atoms with Crippen molar-refractivity contribution in [1.82, 2.24) is 35.2 Å². The molecule has 2 aliphatic rings. The van der Waals surface area contributed by atoms with Gasteiger partial charge in [-0.15, -0.1) is 0 Å². The van der Waals surface area contributed by atoms with E-state index in [0.717, 1.165) is 0 Å². The van der Waals surface area contributed by atoms with Gasteiger partial charge in [-0.25, -0.2) is 5.26 Å². The number of anilines is 6. The molecule has 0 aromatic carbocycles. The first kappa shape index (κ1) is 29.6. The third kappa shape index (κ3) is 9.67. The molecule has 0 radical (unpaired) electrons. The van der Waals surface area contributed by atoms with Crippen molar-refractivity contribution in [3.8, 4) is 0 Å². The maximum absolute atomic E-state index is 11.0. The number of hydrogen-bond donors (Lipinski definition) is 7. The first-order valence-electron chi connectivity index (χ1n) is 13.1. The van der Waals surface area contributed by atoms with Crippen LogP contribution in [0.25, 0.3) is 0 Å². The zero-order valence-corrected chi connectivity index (χ0v) is 22.5. The summed E-state index contributed by atoms with van der Waals surface area (Å²) in [4.78, 5) is 45.3. The largest absolute Gasteiger partial charge is 0.480 e. The lowest BCUT2D eigenvalue weighted by molar-refractivity contribution is -0.200. The van der Waals surface area contributed by atoms with Crippen LogP contribution in [-0.2, 0) is 19.2 Å². The predicted octanol–water partition coefficient (Wildman–Crippen LogP) is -1.29. The molecule has 4 rings (SSSR count). The van der Waals surface area contributed by atoms with Gasteiger partial charge in [0.1, 0.15) is 6.54 Å². The van der Waals surface area contributed by atoms with Crippen LogP contribution in [0.2, 0.25) is 0 Å². The van der Waals surface area contributed by atoms with Crippen molar-refractivity contribution >= 4 is 41.7 Å². The lowest BCUT2D eigenvalue weighted by atomic mass is 10.4. The lowest BCUT2D eigenvalue weighted by Gasteiger charge is -2.27. The highest BCUT2D eigenvalue weighted by atomic mass is 17.1. The van der Waals surface area contributed by atoms with Gasteiger partial charge in [0, 0.05) is 52.4 Å². The van der Waals surface area contributed by atoms with Crippen molar-refractivity contribution in [2.45, 2.75) is 0 Å². The van der Waals surface area contributed by atoms with Gasteiger partial charge >= 0.3 is 5.97 Å². The Morgan fingerprint density at radius 2 is 1.22 bits per heavy atom. The van der Waals surface area contributed by atoms with Crippen molar-refractivity contribution in [2.75, 3.05) is 116 Å². The van der Waals surface area contributed by atoms with Gasteiger partial charge in [-0.05, 0) is 6.58 Å². The van der Waals surface area contributed by atoms with Crippen molar-refractivity contribution in [1.29, 1.82) is 0 Å². The van der Waals surface area contributed by atoms with Gasteiger partial charge in [0.05, 0.1) is 26.4 Å². The molecule has 0 aliphatic carbocycles. The van der Waals surface area contributed by atoms with Crippen LogP contribution >= 0.6 is 0 Å². The van der Waals surface area contributed by atoms with Gasteiger partial charge in [-0.2, -0.15) is 29.9 Å². The minimum atomic E-state index is -1.02. The topological polar surface area (TPSA) is 229 Å². The second-order valence-electron chi connectivity index (χ2n) is 8.75. The van der Waals surface area contributed by atoms with Gasteiger partial charge in [-0.1, -0.05) is 0 Å². The van der Waals surface area contributed by atoms with Gasteiger partial charge in [0.15, 0.2) is 0 Å². The summed E-state index contributed by atoms with van der Waals surface area (Å²) in [5, 5.41) is 32.8. The second-order valence-corrected chi connectivity index (χ2v) is 8.75. The van der Waals surface area contributed by atoms with Crippen molar-refractivity contribution in [2.24, 2.45) is 0 Å². The van der Waals surface area contributed by atoms with E-state index >= 15 is 0 Å². The Labute approximate surface area is 235 Å². The normalized spacial score (nSPS) is 15.2. The molecule has 0 atom stereocenters. The maximum atomic E-state index is 11.0. The SMILES string of the molecule is C=C(Nc1nc(NCCNCCNc2nc(NCC(=O)O)nc(N3CCOCC3)n2)nc(N2CCOCC2)n1)OO. The quantitative estimate of drug-likeness (QED) is 0.0532. The number of morpholine rings is 2. The standard InChI is InChI=1S/C22H35N13O6/c1-15(41-38)27-20-29-18(31-22(33-20)35-8-12-40-13-9-35)25-5-3-23-2-4-24-17-28-19(26-14-16(36)37)32-21(30-17)34-6-10-39-11-7-34/h23,38H,1-14H2,(H,36,37)(H2,24,26,28,30,32)(H2,25,27,29,31,33). The van der Waals surface area contributed by atoms with Crippen LogP contribution in [0, 0.1) is 0 Å². The van der Waals surface area contributed by atoms with Crippen LogP contribution in [0.15, 0.2) is 12.5 Å². The Morgan fingerprint density at radius 3 is 1.71 bits per heavy atom. The van der Waals surface area contributed by atoms with E-state index < -0.39 is 5.97 Å². The molecule has 19 nitrogen and oxygen atoms in total. The van der Waals surface area contributed by atoms with Crippen molar-refractivity contribution in [3.63, 3.8) is 0 Å². The molecule has 2 aromatic heterocycles. The van der Waals surface area contributed by atoms with Gasteiger partial charge in [0.25, 0.3) is 0 Å². The van der Waals surface area contributed by atoms with Crippen LogP contribution in [0.1, 0.15) is 0 Å². The summed E-state index contributed by atoms with van der Waals surface area (Å²) in [6, 6.07) is 0. The molecule has 19 heteroatoms. The van der Waals surface area contributed by atoms with E-state index in [2.05, 4.69) is 68.0 Å². The average Bonchev–Trinajstić information content (AvgIpc) is 3.00. The van der Waals surface area contributed by atoms with E-state index in [1.54, 1.807) is 0 Å². The summed E-state index contributed by atoms with van der Waals surface area (Å²) in [6.45, 7) is 10.2. The fourth-order valence-corrected chi connectivity index (χ4v) is 3.78. The highest BCUT2D eigenvalue weighted by Gasteiger charge is 2.18. The van der Waals surface area contributed by atoms with E-state index in [4.69, 9.17) is 19.8 Å². The molecule has 2 aromatic rings. The molecule has 41 heavy (non-hydrogen) atoms. The number of carboxylic acid groups (broad SMARTS) is 1. The molecule has 0 saturated carbocycles. The Kier molecular flexibility index (Phi) is 11.2. The van der Waals surface area contributed by atoms with E-state index in [1.807, 2.05) is 9.80 Å². The Balaban J connectivity index is 1.25. The van der Waals surface area contributed by atoms with Crippen LogP contribution in [-0.4, -0.2) is 132 Å². The Morgan fingerprint density at radius 1 is 0.756 bits per heavy atom. The minimum Gasteiger partial charge on any atom is -0.480 e. The zero-order chi connectivity index (χ0) is 28.9. The average molecular weight is 578 g/mol. The first-order chi connectivity index (χ1) is 20.0. The number of nitrogens with one attached hydrogen (secondary N) is 5. The summed E-state index contributed by atoms with van der Waals surface area (Å²) in [6.07, 6.45) is 0. The summed E-state index contributed by atoms with van der Waals surface area (Å²) in [5.74, 6) is 0.809. The zero-order valence-electron chi connectivity index (χ0n) is 22.5. The number of hydrogen-bond acceptors (Lipinski definition) is 18. The summed E-state index contributed by atoms with van der Waals surface area (Å²) in [7, 11) is 0. The predicted molar refractivity (Wildman–Crippen MR) is 148 cm³/mol. The first-order valence-corrected chi connectivity index (χ1v) is 13.1. The molecule has 224 valence electrons. The minimum absolute atomic E-state index is 0.121. The number of rotatable bonds is 16. The van der Waals surface area contributed by atoms with E-state index in [-0.39, 0.29) is 24.3 Å². The number of ether oxygens (including phenoxy) is 2. The summed E-state index contributed by atoms with van der Waals surface area (Å²) in [5.41, 5.74) is 0. The number of carbonyl (C=O) groups is 1. The molecule has 0 amide bonds. The van der Waals surface area contributed by atoms with Crippen molar-refractivity contribution < 1.29 is 29.5 Å². The highest BCUT2D eigenvalue weighted by Crippen LogP contribution is 2.17. The molecular formula is C22H35N13O6. The third-order valence-corrected chi connectivity index (χ3v) is 5.76. The molecule has 0 spiro atoms. The molecule has 2 saturated heterocycles. The monoisotopic (exact) mass is 577 g/mol. The Bertz CT molecular complexity index is 1150. The van der Waals surface area contributed by atoms with Gasteiger partial charge < -0.3 is 50.5 Å². The van der Waals surface area contributed by atoms with Crippen molar-refractivity contribution in [3.05, 3.63) is 12.5 Å². The third-order valence-electron chi connectivity index (χ3n) is 5.76. The molecule has 7 N–H and O–H groups in total.